The van der Waals surface area contributed by atoms with Crippen LogP contribution in [0.2, 0.25) is 0 Å². The van der Waals surface area contributed by atoms with E-state index >= 15 is 0 Å². The van der Waals surface area contributed by atoms with Crippen LogP contribution in [0.1, 0.15) is 5.56 Å². The molecule has 0 aliphatic rings. The highest BCUT2D eigenvalue weighted by Crippen LogP contribution is 2.23. The quantitative estimate of drug-likeness (QED) is 0.570. The summed E-state index contributed by atoms with van der Waals surface area (Å²) in [5, 5.41) is 0. The average molecular weight is 191 g/mol. The highest BCUT2D eigenvalue weighted by atomic mass is 16.5. The largest absolute Gasteiger partial charge is 0.497 e. The first-order valence-corrected chi connectivity index (χ1v) is 4.13. The average Bonchev–Trinajstić information content (AvgIpc) is 2.20. The number of hydrogen-bond acceptors (Lipinski definition) is 2. The first-order chi connectivity index (χ1) is 6.67. The summed E-state index contributed by atoms with van der Waals surface area (Å²) in [5.41, 5.74) is 7.19. The van der Waals surface area contributed by atoms with Crippen molar-refractivity contribution in [1.82, 2.24) is 0 Å². The third-order valence-corrected chi connectivity index (χ3v) is 1.80. The van der Waals surface area contributed by atoms with Gasteiger partial charge in [0.05, 0.1) is 12.8 Å². The van der Waals surface area contributed by atoms with Gasteiger partial charge >= 0.3 is 0 Å². The van der Waals surface area contributed by atoms with Gasteiger partial charge in [-0.15, -0.1) is 0 Å². The number of guanidine groups is 1. The van der Waals surface area contributed by atoms with Crippen LogP contribution in [0, 0.1) is 6.92 Å². The zero-order valence-corrected chi connectivity index (χ0v) is 8.32. The molecule has 2 N–H and O–H groups in total. The third kappa shape index (κ3) is 2.32. The van der Waals surface area contributed by atoms with Crippen LogP contribution in [-0.2, 0) is 0 Å². The van der Waals surface area contributed by atoms with Crippen LogP contribution in [0.5, 0.6) is 5.75 Å². The molecule has 0 saturated heterocycles. The lowest BCUT2D eigenvalue weighted by Gasteiger charge is -2.03. The standard InChI is InChI=1S/C10H13N3O/c1-7-6-8(14-3)4-5-9(7)13-10(11)12-2/h4-6H,2H2,1,3H3,(H2,11,13). The monoisotopic (exact) mass is 191 g/mol. The summed E-state index contributed by atoms with van der Waals surface area (Å²) < 4.78 is 5.07. The number of ether oxygens (including phenoxy) is 1. The molecule has 1 rings (SSSR count). The molecule has 0 unspecified atom stereocenters. The lowest BCUT2D eigenvalue weighted by atomic mass is 10.2. The molecule has 1 aromatic carbocycles. The fourth-order valence-corrected chi connectivity index (χ4v) is 1.04. The van der Waals surface area contributed by atoms with Crippen molar-refractivity contribution in [2.75, 3.05) is 7.11 Å². The van der Waals surface area contributed by atoms with Gasteiger partial charge < -0.3 is 10.5 Å². The van der Waals surface area contributed by atoms with Gasteiger partial charge in [-0.2, -0.15) is 0 Å². The molecule has 0 amide bonds. The van der Waals surface area contributed by atoms with Gasteiger partial charge in [-0.3, -0.25) is 0 Å². The maximum atomic E-state index is 5.43. The summed E-state index contributed by atoms with van der Waals surface area (Å²) in [6.07, 6.45) is 0. The number of aliphatic imine (C=N–C) groups is 2. The molecule has 0 heterocycles. The van der Waals surface area contributed by atoms with Crippen LogP contribution in [0.4, 0.5) is 5.69 Å². The molecule has 0 fully saturated rings. The molecule has 0 atom stereocenters. The van der Waals surface area contributed by atoms with Crippen LogP contribution in [0.15, 0.2) is 28.2 Å². The van der Waals surface area contributed by atoms with Crippen LogP contribution in [0.25, 0.3) is 0 Å². The molecule has 0 aliphatic heterocycles. The Morgan fingerprint density at radius 3 is 2.71 bits per heavy atom. The first-order valence-electron chi connectivity index (χ1n) is 4.13. The second-order valence-electron chi connectivity index (χ2n) is 2.78. The Morgan fingerprint density at radius 2 is 2.21 bits per heavy atom. The molecule has 1 aromatic rings. The molecule has 4 heteroatoms. The van der Waals surface area contributed by atoms with E-state index in [1.807, 2.05) is 25.1 Å². The minimum Gasteiger partial charge on any atom is -0.497 e. The van der Waals surface area contributed by atoms with Gasteiger partial charge in [-0.25, -0.2) is 9.98 Å². The van der Waals surface area contributed by atoms with Crippen molar-refractivity contribution in [2.45, 2.75) is 6.92 Å². The van der Waals surface area contributed by atoms with Gasteiger partial charge in [0.2, 0.25) is 5.96 Å². The summed E-state index contributed by atoms with van der Waals surface area (Å²) >= 11 is 0. The fraction of sp³-hybridized carbons (Fsp3) is 0.200. The Morgan fingerprint density at radius 1 is 1.50 bits per heavy atom. The molecular weight excluding hydrogens is 178 g/mol. The van der Waals surface area contributed by atoms with E-state index in [1.165, 1.54) is 0 Å². The predicted octanol–water partition coefficient (Wildman–Crippen LogP) is 1.65. The van der Waals surface area contributed by atoms with Crippen molar-refractivity contribution in [3.8, 4) is 5.75 Å². The van der Waals surface area contributed by atoms with Gasteiger partial charge in [0.15, 0.2) is 0 Å². The Bertz CT molecular complexity index is 372. The van der Waals surface area contributed by atoms with E-state index in [2.05, 4.69) is 16.7 Å². The maximum absolute atomic E-state index is 5.43. The fourth-order valence-electron chi connectivity index (χ4n) is 1.04. The van der Waals surface area contributed by atoms with Crippen molar-refractivity contribution in [2.24, 2.45) is 15.7 Å². The van der Waals surface area contributed by atoms with E-state index in [4.69, 9.17) is 10.5 Å². The van der Waals surface area contributed by atoms with Gasteiger partial charge in [-0.1, -0.05) is 0 Å². The van der Waals surface area contributed by atoms with Crippen LogP contribution in [-0.4, -0.2) is 19.8 Å². The number of methoxy groups -OCH3 is 1. The smallest absolute Gasteiger partial charge is 0.219 e. The minimum atomic E-state index is 0.165. The lowest BCUT2D eigenvalue weighted by molar-refractivity contribution is 0.414. The van der Waals surface area contributed by atoms with E-state index < -0.39 is 0 Å². The van der Waals surface area contributed by atoms with E-state index in [-0.39, 0.29) is 5.96 Å². The second-order valence-corrected chi connectivity index (χ2v) is 2.78. The van der Waals surface area contributed by atoms with Gasteiger partial charge in [0, 0.05) is 0 Å². The van der Waals surface area contributed by atoms with Crippen LogP contribution >= 0.6 is 0 Å². The number of aryl methyl sites for hydroxylation is 1. The predicted molar refractivity (Wildman–Crippen MR) is 58.6 cm³/mol. The van der Waals surface area contributed by atoms with E-state index in [9.17, 15) is 0 Å². The summed E-state index contributed by atoms with van der Waals surface area (Å²) in [7, 11) is 1.62. The molecule has 4 nitrogen and oxygen atoms in total. The van der Waals surface area contributed by atoms with E-state index in [0.29, 0.717) is 0 Å². The van der Waals surface area contributed by atoms with E-state index in [1.54, 1.807) is 7.11 Å². The zero-order chi connectivity index (χ0) is 10.6. The van der Waals surface area contributed by atoms with Gasteiger partial charge in [0.1, 0.15) is 5.75 Å². The van der Waals surface area contributed by atoms with Crippen molar-refractivity contribution in [3.63, 3.8) is 0 Å². The molecule has 14 heavy (non-hydrogen) atoms. The van der Waals surface area contributed by atoms with E-state index in [0.717, 1.165) is 17.0 Å². The molecule has 0 radical (unpaired) electrons. The zero-order valence-electron chi connectivity index (χ0n) is 8.32. The highest BCUT2D eigenvalue weighted by molar-refractivity contribution is 5.85. The summed E-state index contributed by atoms with van der Waals surface area (Å²) in [6, 6.07) is 5.53. The highest BCUT2D eigenvalue weighted by Gasteiger charge is 1.99. The minimum absolute atomic E-state index is 0.165. The Labute approximate surface area is 83.1 Å². The Kier molecular flexibility index (Phi) is 3.23. The first kappa shape index (κ1) is 10.2. The topological polar surface area (TPSA) is 60.0 Å². The maximum Gasteiger partial charge on any atom is 0.219 e. The summed E-state index contributed by atoms with van der Waals surface area (Å²) in [6.45, 7) is 5.22. The lowest BCUT2D eigenvalue weighted by Crippen LogP contribution is -2.06. The SMILES string of the molecule is C=N/C(N)=N\c1ccc(OC)cc1C. The number of nitrogens with two attached hydrogens (primary N) is 1. The summed E-state index contributed by atoms with van der Waals surface area (Å²) in [4.78, 5) is 7.58. The molecule has 0 bridgehead atoms. The van der Waals surface area contributed by atoms with Crippen molar-refractivity contribution >= 4 is 18.4 Å². The molecule has 0 spiro atoms. The van der Waals surface area contributed by atoms with Crippen molar-refractivity contribution in [1.29, 1.82) is 0 Å². The van der Waals surface area contributed by atoms with Gasteiger partial charge in [0.25, 0.3) is 0 Å². The molecule has 0 saturated carbocycles. The van der Waals surface area contributed by atoms with Crippen LogP contribution in [0.3, 0.4) is 0 Å². The summed E-state index contributed by atoms with van der Waals surface area (Å²) in [5.74, 6) is 0.963. The number of nitrogens with zero attached hydrogens (tertiary/aromatic N) is 2. The number of hydrogen-bond donors (Lipinski definition) is 1. The van der Waals surface area contributed by atoms with Crippen LogP contribution < -0.4 is 10.5 Å². The molecule has 0 aromatic heterocycles. The van der Waals surface area contributed by atoms with Gasteiger partial charge in [-0.05, 0) is 37.4 Å². The van der Waals surface area contributed by atoms with Crippen molar-refractivity contribution < 1.29 is 4.74 Å². The molecule has 74 valence electrons. The second kappa shape index (κ2) is 4.41. The number of benzene rings is 1. The normalized spacial score (nSPS) is 11.1. The molecule has 0 aliphatic carbocycles. The Hall–Kier alpha value is -1.84. The third-order valence-electron chi connectivity index (χ3n) is 1.80. The molecular formula is C10H13N3O. The Balaban J connectivity index is 3.06. The van der Waals surface area contributed by atoms with Crippen molar-refractivity contribution in [3.05, 3.63) is 23.8 Å². The number of rotatable bonds is 2.